The summed E-state index contributed by atoms with van der Waals surface area (Å²) in [7, 11) is 0. The fourth-order valence-electron chi connectivity index (χ4n) is 3.46. The van der Waals surface area contributed by atoms with Crippen LogP contribution in [0.3, 0.4) is 0 Å². The van der Waals surface area contributed by atoms with Gasteiger partial charge in [-0.1, -0.05) is 23.7 Å². The minimum Gasteiger partial charge on any atom is -0.324 e. The van der Waals surface area contributed by atoms with Gasteiger partial charge in [-0.15, -0.1) is 0 Å². The number of pyridine rings is 1. The number of benzene rings is 1. The molecule has 2 aromatic rings. The molecule has 1 aliphatic rings. The molecule has 1 unspecified atom stereocenters. The van der Waals surface area contributed by atoms with Gasteiger partial charge in [0.1, 0.15) is 5.82 Å². The van der Waals surface area contributed by atoms with E-state index in [0.717, 1.165) is 16.8 Å². The number of halogens is 1. The van der Waals surface area contributed by atoms with Gasteiger partial charge in [0, 0.05) is 22.8 Å². The molecule has 3 rings (SSSR count). The Morgan fingerprint density at radius 3 is 2.52 bits per heavy atom. The molecule has 0 spiro atoms. The second-order valence-electron chi connectivity index (χ2n) is 7.60. The molecular formula is C22H27ClN4O2. The van der Waals surface area contributed by atoms with Crippen LogP contribution in [0, 0.1) is 19.8 Å². The highest BCUT2D eigenvalue weighted by Crippen LogP contribution is 2.24. The van der Waals surface area contributed by atoms with Crippen molar-refractivity contribution in [2.24, 2.45) is 5.92 Å². The van der Waals surface area contributed by atoms with Gasteiger partial charge in [0.2, 0.25) is 11.8 Å². The first kappa shape index (κ1) is 21.3. The first-order chi connectivity index (χ1) is 13.8. The summed E-state index contributed by atoms with van der Waals surface area (Å²) >= 11 is 6.13. The average molecular weight is 415 g/mol. The summed E-state index contributed by atoms with van der Waals surface area (Å²) in [5.74, 6) is 0.433. The van der Waals surface area contributed by atoms with E-state index < -0.39 is 0 Å². The highest BCUT2D eigenvalue weighted by atomic mass is 35.5. The highest BCUT2D eigenvalue weighted by molar-refractivity contribution is 6.31. The van der Waals surface area contributed by atoms with E-state index in [2.05, 4.69) is 20.5 Å². The molecule has 0 radical (unpaired) electrons. The van der Waals surface area contributed by atoms with E-state index in [1.807, 2.05) is 45.0 Å². The SMILES string of the molecule is Cc1ccc(NC(=O)C2CCN(C(C)C(=O)Nc3cccc(Cl)c3C)CC2)nc1. The molecule has 1 atom stereocenters. The first-order valence-electron chi connectivity index (χ1n) is 9.88. The average Bonchev–Trinajstić information content (AvgIpc) is 2.72. The minimum absolute atomic E-state index is 0.00680. The van der Waals surface area contributed by atoms with E-state index in [-0.39, 0.29) is 23.8 Å². The molecule has 0 aliphatic carbocycles. The molecule has 1 fully saturated rings. The van der Waals surface area contributed by atoms with Crippen molar-refractivity contribution in [3.63, 3.8) is 0 Å². The van der Waals surface area contributed by atoms with Crippen molar-refractivity contribution in [2.45, 2.75) is 39.7 Å². The number of hydrogen-bond donors (Lipinski definition) is 2. The number of carbonyl (C=O) groups is 2. The normalized spacial score (nSPS) is 16.3. The van der Waals surface area contributed by atoms with Gasteiger partial charge in [-0.25, -0.2) is 4.98 Å². The first-order valence-corrected chi connectivity index (χ1v) is 10.3. The van der Waals surface area contributed by atoms with Crippen LogP contribution in [-0.4, -0.2) is 40.8 Å². The maximum Gasteiger partial charge on any atom is 0.241 e. The molecule has 1 aromatic heterocycles. The van der Waals surface area contributed by atoms with Crippen molar-refractivity contribution in [3.8, 4) is 0 Å². The van der Waals surface area contributed by atoms with Gasteiger partial charge in [-0.05, 0) is 76.0 Å². The smallest absolute Gasteiger partial charge is 0.241 e. The zero-order valence-corrected chi connectivity index (χ0v) is 17.8. The largest absolute Gasteiger partial charge is 0.324 e. The summed E-state index contributed by atoms with van der Waals surface area (Å²) in [4.78, 5) is 31.5. The number of nitrogens with one attached hydrogen (secondary N) is 2. The molecular weight excluding hydrogens is 388 g/mol. The van der Waals surface area contributed by atoms with Crippen LogP contribution in [0.5, 0.6) is 0 Å². The van der Waals surface area contributed by atoms with Crippen molar-refractivity contribution in [2.75, 3.05) is 23.7 Å². The predicted octanol–water partition coefficient (Wildman–Crippen LogP) is 4.03. The maximum atomic E-state index is 12.7. The van der Waals surface area contributed by atoms with E-state index in [4.69, 9.17) is 11.6 Å². The summed E-state index contributed by atoms with van der Waals surface area (Å²) < 4.78 is 0. The van der Waals surface area contributed by atoms with E-state index in [0.29, 0.717) is 36.8 Å². The second kappa shape index (κ2) is 9.37. The lowest BCUT2D eigenvalue weighted by molar-refractivity contribution is -0.123. The molecule has 2 amide bonds. The molecule has 2 N–H and O–H groups in total. The molecule has 154 valence electrons. The molecule has 0 bridgehead atoms. The number of rotatable bonds is 5. The predicted molar refractivity (Wildman–Crippen MR) is 116 cm³/mol. The Bertz CT molecular complexity index is 877. The molecule has 7 heteroatoms. The summed E-state index contributed by atoms with van der Waals surface area (Å²) in [5.41, 5.74) is 2.64. The Morgan fingerprint density at radius 1 is 1.14 bits per heavy atom. The Hall–Kier alpha value is -2.44. The zero-order chi connectivity index (χ0) is 21.0. The molecule has 0 saturated carbocycles. The molecule has 1 aliphatic heterocycles. The lowest BCUT2D eigenvalue weighted by atomic mass is 9.95. The Balaban J connectivity index is 1.51. The van der Waals surface area contributed by atoms with Gasteiger partial charge < -0.3 is 10.6 Å². The summed E-state index contributed by atoms with van der Waals surface area (Å²) in [5, 5.41) is 6.49. The van der Waals surface area contributed by atoms with E-state index in [9.17, 15) is 9.59 Å². The van der Waals surface area contributed by atoms with Crippen molar-refractivity contribution in [1.29, 1.82) is 0 Å². The second-order valence-corrected chi connectivity index (χ2v) is 8.01. The van der Waals surface area contributed by atoms with E-state index >= 15 is 0 Å². The van der Waals surface area contributed by atoms with E-state index in [1.54, 1.807) is 12.3 Å². The number of aromatic nitrogens is 1. The number of hydrogen-bond acceptors (Lipinski definition) is 4. The summed E-state index contributed by atoms with van der Waals surface area (Å²) in [6, 6.07) is 8.93. The van der Waals surface area contributed by atoms with Crippen LogP contribution in [0.15, 0.2) is 36.5 Å². The van der Waals surface area contributed by atoms with Gasteiger partial charge >= 0.3 is 0 Å². The monoisotopic (exact) mass is 414 g/mol. The van der Waals surface area contributed by atoms with Gasteiger partial charge in [-0.2, -0.15) is 0 Å². The van der Waals surface area contributed by atoms with Crippen molar-refractivity contribution >= 4 is 34.9 Å². The van der Waals surface area contributed by atoms with Crippen molar-refractivity contribution < 1.29 is 9.59 Å². The highest BCUT2D eigenvalue weighted by Gasteiger charge is 2.30. The fourth-order valence-corrected chi connectivity index (χ4v) is 3.64. The lowest BCUT2D eigenvalue weighted by Crippen LogP contribution is -2.47. The number of nitrogens with zero attached hydrogens (tertiary/aromatic N) is 2. The van der Waals surface area contributed by atoms with Crippen LogP contribution in [0.25, 0.3) is 0 Å². The van der Waals surface area contributed by atoms with Crippen LogP contribution in [-0.2, 0) is 9.59 Å². The van der Waals surface area contributed by atoms with E-state index in [1.165, 1.54) is 0 Å². The van der Waals surface area contributed by atoms with Crippen LogP contribution >= 0.6 is 11.6 Å². The van der Waals surface area contributed by atoms with Gasteiger partial charge in [0.05, 0.1) is 6.04 Å². The topological polar surface area (TPSA) is 74.3 Å². The zero-order valence-electron chi connectivity index (χ0n) is 17.0. The quantitative estimate of drug-likeness (QED) is 0.774. The third-order valence-corrected chi connectivity index (χ3v) is 5.93. The maximum absolute atomic E-state index is 12.7. The van der Waals surface area contributed by atoms with Gasteiger partial charge in [-0.3, -0.25) is 14.5 Å². The van der Waals surface area contributed by atoms with Crippen LogP contribution < -0.4 is 10.6 Å². The molecule has 1 saturated heterocycles. The summed E-state index contributed by atoms with van der Waals surface area (Å²) in [6.45, 7) is 7.13. The molecule has 2 heterocycles. The third kappa shape index (κ3) is 5.34. The Labute approximate surface area is 176 Å². The number of anilines is 2. The van der Waals surface area contributed by atoms with Crippen LogP contribution in [0.4, 0.5) is 11.5 Å². The lowest BCUT2D eigenvalue weighted by Gasteiger charge is -2.34. The molecule has 1 aromatic carbocycles. The van der Waals surface area contributed by atoms with Crippen LogP contribution in [0.1, 0.15) is 30.9 Å². The van der Waals surface area contributed by atoms with Gasteiger partial charge in [0.15, 0.2) is 0 Å². The standard InChI is InChI=1S/C22H27ClN4O2/c1-14-7-8-20(24-13-14)26-22(29)17-9-11-27(12-10-17)16(3)21(28)25-19-6-4-5-18(23)15(19)2/h4-8,13,16-17H,9-12H2,1-3H3,(H,25,28)(H,24,26,29). The van der Waals surface area contributed by atoms with Gasteiger partial charge in [0.25, 0.3) is 0 Å². The number of likely N-dealkylation sites (tertiary alicyclic amines) is 1. The van der Waals surface area contributed by atoms with Crippen molar-refractivity contribution in [3.05, 3.63) is 52.7 Å². The third-order valence-electron chi connectivity index (χ3n) is 5.52. The Kier molecular flexibility index (Phi) is 6.87. The van der Waals surface area contributed by atoms with Crippen molar-refractivity contribution in [1.82, 2.24) is 9.88 Å². The number of carbonyl (C=O) groups excluding carboxylic acids is 2. The fraction of sp³-hybridized carbons (Fsp3) is 0.409. The number of aryl methyl sites for hydroxylation is 1. The number of piperidine rings is 1. The molecule has 29 heavy (non-hydrogen) atoms. The Morgan fingerprint density at radius 2 is 1.86 bits per heavy atom. The summed E-state index contributed by atoms with van der Waals surface area (Å²) in [6.07, 6.45) is 3.16. The number of amides is 2. The minimum atomic E-state index is -0.281. The molecule has 6 nitrogen and oxygen atoms in total. The van der Waals surface area contributed by atoms with Crippen LogP contribution in [0.2, 0.25) is 5.02 Å².